The van der Waals surface area contributed by atoms with E-state index in [9.17, 15) is 10.1 Å². The average molecular weight is 501 g/mol. The molecule has 0 saturated carbocycles. The average Bonchev–Trinajstić information content (AvgIpc) is 3.49. The molecule has 2 aromatic heterocycles. The van der Waals surface area contributed by atoms with E-state index >= 15 is 0 Å². The van der Waals surface area contributed by atoms with E-state index < -0.39 is 4.92 Å². The molecule has 36 heavy (non-hydrogen) atoms. The van der Waals surface area contributed by atoms with Gasteiger partial charge in [0.05, 0.1) is 22.8 Å². The minimum absolute atomic E-state index is 0.0147. The highest BCUT2D eigenvalue weighted by atomic mass is 35.5. The lowest BCUT2D eigenvalue weighted by Crippen LogP contribution is -2.03. The number of nitro benzene ring substituents is 1. The van der Waals surface area contributed by atoms with Gasteiger partial charge in [-0.2, -0.15) is 0 Å². The molecule has 0 radical (unpaired) electrons. The molecule has 0 saturated heterocycles. The molecule has 5 rings (SSSR count). The van der Waals surface area contributed by atoms with Crippen molar-refractivity contribution in [2.24, 2.45) is 0 Å². The highest BCUT2D eigenvalue weighted by Gasteiger charge is 2.21. The molecule has 0 spiro atoms. The van der Waals surface area contributed by atoms with Crippen molar-refractivity contribution in [2.75, 3.05) is 0 Å². The van der Waals surface area contributed by atoms with Crippen LogP contribution in [0.15, 0.2) is 89.6 Å². The Balaban J connectivity index is 1.51. The van der Waals surface area contributed by atoms with Crippen LogP contribution in [-0.4, -0.2) is 19.6 Å². The fraction of sp³-hybridized carbons (Fsp3) is 0.111. The minimum Gasteiger partial charge on any atom is -0.369 e. The molecule has 0 amide bonds. The topological polar surface area (TPSA) is 96.2 Å². The fourth-order valence-electron chi connectivity index (χ4n) is 3.91. The second-order valence-corrected chi connectivity index (χ2v) is 8.57. The number of nitrogens with zero attached hydrogens (tertiary/aromatic N) is 4. The summed E-state index contributed by atoms with van der Waals surface area (Å²) in [6, 6.07) is 23.5. The van der Waals surface area contributed by atoms with E-state index in [0.29, 0.717) is 34.6 Å². The Bertz CT molecular complexity index is 1490. The van der Waals surface area contributed by atoms with Crippen LogP contribution in [0.4, 0.5) is 5.69 Å². The summed E-state index contributed by atoms with van der Waals surface area (Å²) in [6.07, 6.45) is 1.87. The van der Waals surface area contributed by atoms with Crippen LogP contribution >= 0.6 is 11.6 Å². The standard InChI is InChI=1S/C27H21ClN4O4/c1-18-26(27(30-36-18)20-5-3-2-4-6-20)24-15-31(22-11-13-23(14-12-22)32(33)34)25(29-24)17-35-16-19-7-9-21(28)10-8-19/h2-15H,16-17H2,1H3. The van der Waals surface area contributed by atoms with Crippen LogP contribution in [0.5, 0.6) is 0 Å². The first-order valence-corrected chi connectivity index (χ1v) is 11.5. The third-order valence-electron chi connectivity index (χ3n) is 5.70. The summed E-state index contributed by atoms with van der Waals surface area (Å²) < 4.78 is 13.4. The Morgan fingerprint density at radius 3 is 2.42 bits per heavy atom. The summed E-state index contributed by atoms with van der Waals surface area (Å²) in [5.41, 5.74) is 4.76. The van der Waals surface area contributed by atoms with Crippen molar-refractivity contribution < 1.29 is 14.2 Å². The van der Waals surface area contributed by atoms with Crippen molar-refractivity contribution in [3.8, 4) is 28.2 Å². The molecule has 3 aromatic carbocycles. The van der Waals surface area contributed by atoms with Crippen LogP contribution < -0.4 is 0 Å². The molecular formula is C27H21ClN4O4. The lowest BCUT2D eigenvalue weighted by molar-refractivity contribution is -0.384. The van der Waals surface area contributed by atoms with E-state index in [0.717, 1.165) is 22.4 Å². The number of aromatic nitrogens is 3. The molecular weight excluding hydrogens is 480 g/mol. The summed E-state index contributed by atoms with van der Waals surface area (Å²) >= 11 is 5.97. The number of imidazole rings is 1. The first-order valence-electron chi connectivity index (χ1n) is 11.2. The zero-order valence-electron chi connectivity index (χ0n) is 19.3. The highest BCUT2D eigenvalue weighted by Crippen LogP contribution is 2.34. The number of aryl methyl sites for hydroxylation is 1. The molecule has 9 heteroatoms. The van der Waals surface area contributed by atoms with E-state index in [1.54, 1.807) is 12.1 Å². The van der Waals surface area contributed by atoms with Crippen molar-refractivity contribution in [1.82, 2.24) is 14.7 Å². The predicted molar refractivity (Wildman–Crippen MR) is 136 cm³/mol. The summed E-state index contributed by atoms with van der Waals surface area (Å²) in [6.45, 7) is 2.43. The summed E-state index contributed by atoms with van der Waals surface area (Å²) in [7, 11) is 0. The number of hydrogen-bond donors (Lipinski definition) is 0. The van der Waals surface area contributed by atoms with Crippen LogP contribution in [0.3, 0.4) is 0 Å². The van der Waals surface area contributed by atoms with E-state index in [4.69, 9.17) is 25.8 Å². The molecule has 0 aliphatic carbocycles. The van der Waals surface area contributed by atoms with Gasteiger partial charge in [-0.15, -0.1) is 0 Å². The molecule has 2 heterocycles. The van der Waals surface area contributed by atoms with Crippen molar-refractivity contribution in [3.05, 3.63) is 117 Å². The molecule has 180 valence electrons. The van der Waals surface area contributed by atoms with Gasteiger partial charge in [0.15, 0.2) is 0 Å². The molecule has 0 N–H and O–H groups in total. The lowest BCUT2D eigenvalue weighted by Gasteiger charge is -2.08. The summed E-state index contributed by atoms with van der Waals surface area (Å²) in [5, 5.41) is 16.1. The Morgan fingerprint density at radius 2 is 1.72 bits per heavy atom. The number of non-ortho nitro benzene ring substituents is 1. The van der Waals surface area contributed by atoms with Crippen LogP contribution in [0.1, 0.15) is 17.1 Å². The highest BCUT2D eigenvalue weighted by molar-refractivity contribution is 6.30. The van der Waals surface area contributed by atoms with E-state index in [1.165, 1.54) is 12.1 Å². The molecule has 0 aliphatic heterocycles. The SMILES string of the molecule is Cc1onc(-c2ccccc2)c1-c1cn(-c2ccc([N+](=O)[O-])cc2)c(COCc2ccc(Cl)cc2)n1. The van der Waals surface area contributed by atoms with Gasteiger partial charge in [-0.25, -0.2) is 4.98 Å². The number of halogens is 1. The smallest absolute Gasteiger partial charge is 0.269 e. The van der Waals surface area contributed by atoms with E-state index in [1.807, 2.05) is 72.3 Å². The van der Waals surface area contributed by atoms with Gasteiger partial charge in [-0.05, 0) is 36.8 Å². The first kappa shape index (κ1) is 23.5. The number of benzene rings is 3. The van der Waals surface area contributed by atoms with Crippen molar-refractivity contribution in [1.29, 1.82) is 0 Å². The Kier molecular flexibility index (Phi) is 6.62. The molecule has 8 nitrogen and oxygen atoms in total. The minimum atomic E-state index is -0.425. The fourth-order valence-corrected chi connectivity index (χ4v) is 4.03. The molecule has 0 unspecified atom stereocenters. The second-order valence-electron chi connectivity index (χ2n) is 8.13. The molecule has 0 fully saturated rings. The number of ether oxygens (including phenoxy) is 1. The summed E-state index contributed by atoms with van der Waals surface area (Å²) in [4.78, 5) is 15.6. The quantitative estimate of drug-likeness (QED) is 0.172. The Morgan fingerprint density at radius 1 is 1.00 bits per heavy atom. The molecule has 5 aromatic rings. The van der Waals surface area contributed by atoms with Crippen molar-refractivity contribution >= 4 is 17.3 Å². The van der Waals surface area contributed by atoms with Gasteiger partial charge in [0.1, 0.15) is 23.9 Å². The van der Waals surface area contributed by atoms with Gasteiger partial charge < -0.3 is 13.8 Å². The van der Waals surface area contributed by atoms with Gasteiger partial charge >= 0.3 is 0 Å². The molecule has 0 bridgehead atoms. The maximum Gasteiger partial charge on any atom is 0.269 e. The number of hydrogen-bond acceptors (Lipinski definition) is 6. The number of nitro groups is 1. The molecule has 0 aliphatic rings. The molecule has 0 atom stereocenters. The lowest BCUT2D eigenvalue weighted by atomic mass is 10.0. The zero-order chi connectivity index (χ0) is 25.1. The normalized spacial score (nSPS) is 11.1. The van der Waals surface area contributed by atoms with Gasteiger partial charge in [0.25, 0.3) is 5.69 Å². The van der Waals surface area contributed by atoms with Gasteiger partial charge in [-0.1, -0.05) is 59.2 Å². The van der Waals surface area contributed by atoms with E-state index in [2.05, 4.69) is 5.16 Å². The van der Waals surface area contributed by atoms with Crippen LogP contribution in [-0.2, 0) is 18.0 Å². The first-order chi connectivity index (χ1) is 17.5. The van der Waals surface area contributed by atoms with Crippen LogP contribution in [0, 0.1) is 17.0 Å². The van der Waals surface area contributed by atoms with E-state index in [-0.39, 0.29) is 12.3 Å². The van der Waals surface area contributed by atoms with Gasteiger partial charge in [-0.3, -0.25) is 10.1 Å². The van der Waals surface area contributed by atoms with Crippen LogP contribution in [0.25, 0.3) is 28.2 Å². The van der Waals surface area contributed by atoms with Gasteiger partial charge in [0.2, 0.25) is 0 Å². The third-order valence-corrected chi connectivity index (χ3v) is 5.95. The summed E-state index contributed by atoms with van der Waals surface area (Å²) in [5.74, 6) is 1.27. The predicted octanol–water partition coefficient (Wildman–Crippen LogP) is 6.78. The largest absolute Gasteiger partial charge is 0.369 e. The maximum atomic E-state index is 11.1. The van der Waals surface area contributed by atoms with Crippen molar-refractivity contribution in [3.63, 3.8) is 0 Å². The van der Waals surface area contributed by atoms with Crippen LogP contribution in [0.2, 0.25) is 5.02 Å². The Hall–Kier alpha value is -4.27. The van der Waals surface area contributed by atoms with Gasteiger partial charge in [0, 0.05) is 34.6 Å². The third kappa shape index (κ3) is 4.91. The monoisotopic (exact) mass is 500 g/mol. The zero-order valence-corrected chi connectivity index (χ0v) is 20.1. The Labute approximate surface area is 211 Å². The maximum absolute atomic E-state index is 11.1. The second kappa shape index (κ2) is 10.2. The van der Waals surface area contributed by atoms with Crippen molar-refractivity contribution in [2.45, 2.75) is 20.1 Å². The number of rotatable bonds is 8.